The number of Topliss-reactive ketones (excluding diaryl/α,β-unsaturated/α-hetero) is 1. The van der Waals surface area contributed by atoms with Crippen molar-refractivity contribution in [2.24, 2.45) is 35.0 Å². The van der Waals surface area contributed by atoms with Crippen molar-refractivity contribution in [3.63, 3.8) is 0 Å². The minimum absolute atomic E-state index is 0.0185. The van der Waals surface area contributed by atoms with Gasteiger partial charge in [0.1, 0.15) is 11.0 Å². The van der Waals surface area contributed by atoms with Crippen LogP contribution in [-0.2, 0) is 28.6 Å². The van der Waals surface area contributed by atoms with Crippen LogP contribution in [0.3, 0.4) is 0 Å². The molecule has 204 valence electrons. The molecule has 1 atom stereocenters. The third kappa shape index (κ3) is 4.91. The van der Waals surface area contributed by atoms with Gasteiger partial charge < -0.3 is 4.74 Å². The van der Waals surface area contributed by atoms with E-state index in [0.29, 0.717) is 11.8 Å². The highest BCUT2D eigenvalue weighted by Crippen LogP contribution is 2.61. The molecule has 1 aromatic rings. The van der Waals surface area contributed by atoms with Gasteiger partial charge in [-0.15, -0.1) is 0 Å². The van der Waals surface area contributed by atoms with E-state index in [4.69, 9.17) is 8.92 Å². The first-order valence-electron chi connectivity index (χ1n) is 14.3. The Kier molecular flexibility index (Phi) is 7.34. The van der Waals surface area contributed by atoms with E-state index < -0.39 is 33.7 Å². The molecule has 1 aromatic carbocycles. The molecule has 1 unspecified atom stereocenters. The lowest BCUT2D eigenvalue weighted by Crippen LogP contribution is -2.61. The molecule has 5 saturated carbocycles. The van der Waals surface area contributed by atoms with Gasteiger partial charge in [0.15, 0.2) is 5.78 Å². The van der Waals surface area contributed by atoms with Gasteiger partial charge in [0.05, 0.1) is 11.5 Å². The van der Waals surface area contributed by atoms with Crippen molar-refractivity contribution < 1.29 is 26.9 Å². The maximum absolute atomic E-state index is 14.1. The minimum Gasteiger partial charge on any atom is -0.458 e. The van der Waals surface area contributed by atoms with Crippen LogP contribution in [0.25, 0.3) is 0 Å². The summed E-state index contributed by atoms with van der Waals surface area (Å²) in [7, 11) is -4.14. The molecule has 0 aromatic heterocycles. The van der Waals surface area contributed by atoms with Gasteiger partial charge in [0.25, 0.3) is 10.1 Å². The molecular formula is C30H42O6S. The normalized spacial score (nSPS) is 33.2. The molecule has 0 heterocycles. The third-order valence-electron chi connectivity index (χ3n) is 10.1. The number of hydrogen-bond donors (Lipinski definition) is 0. The standard InChI is InChI=1S/C30H42O6S/c1-4-30(24-15-21-14-22(17-24)18-25(30)16-21)36-28(32)29(3,27(31)23-8-6-5-7-9-23)19-35-37(33,34)26-12-10-20(2)11-13-26/h10-13,21-25H,4-9,14-19H2,1-3H3. The Morgan fingerprint density at radius 3 is 2.05 bits per heavy atom. The molecule has 5 aliphatic rings. The predicted octanol–water partition coefficient (Wildman–Crippen LogP) is 6.00. The molecule has 6 nitrogen and oxygen atoms in total. The molecule has 6 rings (SSSR count). The van der Waals surface area contributed by atoms with Crippen LogP contribution in [0.2, 0.25) is 0 Å². The molecule has 0 spiro atoms. The van der Waals surface area contributed by atoms with Crippen LogP contribution in [-0.4, -0.2) is 32.4 Å². The number of esters is 1. The first-order chi connectivity index (χ1) is 17.6. The Morgan fingerprint density at radius 2 is 1.51 bits per heavy atom. The monoisotopic (exact) mass is 530 g/mol. The van der Waals surface area contributed by atoms with Gasteiger partial charge in [-0.05, 0) is 101 Å². The van der Waals surface area contributed by atoms with E-state index in [9.17, 15) is 18.0 Å². The predicted molar refractivity (Wildman–Crippen MR) is 140 cm³/mol. The van der Waals surface area contributed by atoms with Crippen LogP contribution in [0.4, 0.5) is 0 Å². The number of hydrogen-bond acceptors (Lipinski definition) is 6. The van der Waals surface area contributed by atoms with Gasteiger partial charge in [0, 0.05) is 5.92 Å². The molecule has 0 amide bonds. The van der Waals surface area contributed by atoms with E-state index in [1.54, 1.807) is 19.1 Å². The molecule has 5 fully saturated rings. The van der Waals surface area contributed by atoms with Crippen molar-refractivity contribution in [2.45, 2.75) is 102 Å². The van der Waals surface area contributed by atoms with Gasteiger partial charge in [0.2, 0.25) is 0 Å². The second-order valence-electron chi connectivity index (χ2n) is 12.6. The second kappa shape index (κ2) is 10.1. The molecule has 37 heavy (non-hydrogen) atoms. The maximum Gasteiger partial charge on any atom is 0.322 e. The Bertz CT molecular complexity index is 1090. The van der Waals surface area contributed by atoms with Gasteiger partial charge in [-0.3, -0.25) is 13.8 Å². The molecule has 7 heteroatoms. The van der Waals surface area contributed by atoms with E-state index in [2.05, 4.69) is 6.92 Å². The number of ether oxygens (including phenoxy) is 1. The molecule has 0 saturated heterocycles. The SMILES string of the molecule is CCC1(OC(=O)C(C)(COS(=O)(=O)c2ccc(C)cc2)C(=O)C2CCCCC2)C2CC3CC(C2)CC1C3. The Labute approximate surface area is 222 Å². The van der Waals surface area contributed by atoms with Crippen molar-refractivity contribution in [3.8, 4) is 0 Å². The summed E-state index contributed by atoms with van der Waals surface area (Å²) in [6, 6.07) is 6.39. The zero-order valence-corrected chi connectivity index (χ0v) is 23.4. The first kappa shape index (κ1) is 26.9. The summed E-state index contributed by atoms with van der Waals surface area (Å²) in [6.45, 7) is 4.99. The van der Waals surface area contributed by atoms with E-state index in [1.807, 2.05) is 6.92 Å². The lowest BCUT2D eigenvalue weighted by Gasteiger charge is -2.60. The van der Waals surface area contributed by atoms with Crippen LogP contribution in [0.15, 0.2) is 29.2 Å². The molecule has 5 aliphatic carbocycles. The van der Waals surface area contributed by atoms with Crippen LogP contribution in [0, 0.1) is 41.9 Å². The zero-order chi connectivity index (χ0) is 26.4. The van der Waals surface area contributed by atoms with E-state index in [-0.39, 0.29) is 16.6 Å². The maximum atomic E-state index is 14.1. The van der Waals surface area contributed by atoms with Crippen LogP contribution in [0.1, 0.15) is 90.0 Å². The fraction of sp³-hybridized carbons (Fsp3) is 0.733. The number of carbonyl (C=O) groups is 2. The summed E-state index contributed by atoms with van der Waals surface area (Å²) in [6.07, 6.45) is 10.8. The van der Waals surface area contributed by atoms with Gasteiger partial charge >= 0.3 is 5.97 Å². The summed E-state index contributed by atoms with van der Waals surface area (Å²) in [5.74, 6) is 0.988. The average Bonchev–Trinajstić information content (AvgIpc) is 2.89. The summed E-state index contributed by atoms with van der Waals surface area (Å²) in [5, 5.41) is 0. The topological polar surface area (TPSA) is 86.7 Å². The number of rotatable bonds is 9. The van der Waals surface area contributed by atoms with Gasteiger partial charge in [-0.2, -0.15) is 8.42 Å². The van der Waals surface area contributed by atoms with E-state index in [0.717, 1.165) is 81.6 Å². The minimum atomic E-state index is -4.14. The van der Waals surface area contributed by atoms with Crippen molar-refractivity contribution in [1.82, 2.24) is 0 Å². The van der Waals surface area contributed by atoms with Crippen molar-refractivity contribution in [3.05, 3.63) is 29.8 Å². The molecular weight excluding hydrogens is 488 g/mol. The van der Waals surface area contributed by atoms with Crippen LogP contribution < -0.4 is 0 Å². The first-order valence-corrected chi connectivity index (χ1v) is 15.7. The third-order valence-corrected chi connectivity index (χ3v) is 11.4. The molecule has 0 radical (unpaired) electrons. The number of aryl methyl sites for hydroxylation is 1. The fourth-order valence-corrected chi connectivity index (χ4v) is 9.09. The summed E-state index contributed by atoms with van der Waals surface area (Å²) in [5.41, 5.74) is -1.30. The Morgan fingerprint density at radius 1 is 0.946 bits per heavy atom. The number of carbonyl (C=O) groups excluding carboxylic acids is 2. The van der Waals surface area contributed by atoms with Crippen LogP contribution >= 0.6 is 0 Å². The quantitative estimate of drug-likeness (QED) is 0.221. The Balaban J connectivity index is 1.41. The smallest absolute Gasteiger partial charge is 0.322 e. The highest BCUT2D eigenvalue weighted by atomic mass is 32.2. The summed E-state index contributed by atoms with van der Waals surface area (Å²) >= 11 is 0. The largest absolute Gasteiger partial charge is 0.458 e. The lowest BCUT2D eigenvalue weighted by molar-refractivity contribution is -0.219. The second-order valence-corrected chi connectivity index (χ2v) is 14.2. The van der Waals surface area contributed by atoms with E-state index in [1.165, 1.54) is 18.6 Å². The lowest BCUT2D eigenvalue weighted by atomic mass is 9.49. The van der Waals surface area contributed by atoms with Crippen molar-refractivity contribution in [1.29, 1.82) is 0 Å². The molecule has 0 aliphatic heterocycles. The highest BCUT2D eigenvalue weighted by molar-refractivity contribution is 7.86. The van der Waals surface area contributed by atoms with Crippen molar-refractivity contribution >= 4 is 21.9 Å². The summed E-state index contributed by atoms with van der Waals surface area (Å²) < 4.78 is 38.0. The van der Waals surface area contributed by atoms with Gasteiger partial charge in [-0.25, -0.2) is 0 Å². The highest BCUT2D eigenvalue weighted by Gasteiger charge is 2.60. The molecule has 0 N–H and O–H groups in total. The fourth-order valence-electron chi connectivity index (χ4n) is 8.10. The Hall–Kier alpha value is -1.73. The van der Waals surface area contributed by atoms with Gasteiger partial charge in [-0.1, -0.05) is 43.9 Å². The summed E-state index contributed by atoms with van der Waals surface area (Å²) in [4.78, 5) is 28.0. The number of ketones is 1. The van der Waals surface area contributed by atoms with Crippen molar-refractivity contribution in [2.75, 3.05) is 6.61 Å². The van der Waals surface area contributed by atoms with E-state index >= 15 is 0 Å². The average molecular weight is 531 g/mol. The zero-order valence-electron chi connectivity index (χ0n) is 22.5. The molecule has 4 bridgehead atoms. The van der Waals surface area contributed by atoms with Crippen LogP contribution in [0.5, 0.6) is 0 Å². The number of benzene rings is 1.